The van der Waals surface area contributed by atoms with E-state index < -0.39 is 8.46 Å². The minimum atomic E-state index is -1.98. The lowest BCUT2D eigenvalue weighted by Gasteiger charge is -2.30. The topological polar surface area (TPSA) is 18.5 Å². The molecule has 1 atom stereocenters. The number of benzene rings is 1. The van der Waals surface area contributed by atoms with E-state index in [2.05, 4.69) is 48.5 Å². The van der Waals surface area contributed by atoms with Gasteiger partial charge < -0.3 is 9.26 Å². The predicted octanol–water partition coefficient (Wildman–Crippen LogP) is 13.0. The second-order valence-corrected chi connectivity index (χ2v) is 15.0. The molecule has 0 radical (unpaired) electrons. The number of unbranched alkanes of at least 4 members (excludes halogenated alkanes) is 17. The normalized spacial score (nSPS) is 13.1. The Labute approximate surface area is 244 Å². The lowest BCUT2D eigenvalue weighted by atomic mass is 9.79. The van der Waals surface area contributed by atoms with Crippen LogP contribution in [0.25, 0.3) is 0 Å². The quantitative estimate of drug-likeness (QED) is 0.103. The van der Waals surface area contributed by atoms with Crippen molar-refractivity contribution in [3.63, 3.8) is 0 Å². The van der Waals surface area contributed by atoms with Crippen LogP contribution in [0.3, 0.4) is 0 Å². The van der Waals surface area contributed by atoms with Gasteiger partial charge in [0.15, 0.2) is 0 Å². The van der Waals surface area contributed by atoms with Crippen LogP contribution in [-0.4, -0.2) is 13.3 Å². The van der Waals surface area contributed by atoms with Crippen LogP contribution in [-0.2, 0) is 10.8 Å². The molecule has 0 aliphatic heterocycles. The van der Waals surface area contributed by atoms with Crippen molar-refractivity contribution in [2.24, 2.45) is 0 Å². The Hall–Kier alpha value is -0.820. The maximum atomic E-state index is 15.1. The minimum Gasteiger partial charge on any atom is -0.497 e. The molecule has 0 aliphatic carbocycles. The molecule has 4 heteroatoms. The third-order valence-electron chi connectivity index (χ3n) is 7.79. The molecule has 1 aromatic carbocycles. The van der Waals surface area contributed by atoms with Gasteiger partial charge in [-0.15, -0.1) is 0 Å². The molecule has 1 rings (SSSR count). The van der Waals surface area contributed by atoms with Gasteiger partial charge in [-0.2, -0.15) is 4.20 Å². The van der Waals surface area contributed by atoms with Gasteiger partial charge in [0.1, 0.15) is 11.5 Å². The Morgan fingerprint density at radius 3 is 1.23 bits per heavy atom. The van der Waals surface area contributed by atoms with E-state index in [1.807, 2.05) is 12.1 Å². The van der Waals surface area contributed by atoms with E-state index in [0.29, 0.717) is 6.16 Å². The molecule has 0 saturated carbocycles. The van der Waals surface area contributed by atoms with E-state index in [1.54, 1.807) is 7.11 Å². The van der Waals surface area contributed by atoms with Gasteiger partial charge in [-0.25, -0.2) is 0 Å². The molecule has 0 aromatic heterocycles. The van der Waals surface area contributed by atoms with Crippen molar-refractivity contribution in [3.05, 3.63) is 23.3 Å². The Balaban J connectivity index is 2.21. The summed E-state index contributed by atoms with van der Waals surface area (Å²) in [6.45, 7) is 15.2. The van der Waals surface area contributed by atoms with Crippen molar-refractivity contribution >= 4 is 8.46 Å². The summed E-state index contributed by atoms with van der Waals surface area (Å²) >= 11 is 0. The number of hydrogen-bond donors (Lipinski definition) is 0. The maximum absolute atomic E-state index is 15.1. The zero-order valence-electron chi connectivity index (χ0n) is 27.2. The monoisotopic (exact) mass is 566 g/mol. The number of halogens is 1. The van der Waals surface area contributed by atoms with Gasteiger partial charge in [-0.05, 0) is 29.4 Å². The highest BCUT2D eigenvalue weighted by Crippen LogP contribution is 2.49. The summed E-state index contributed by atoms with van der Waals surface area (Å²) in [5.74, 6) is 1.54. The molecule has 2 nitrogen and oxygen atoms in total. The zero-order chi connectivity index (χ0) is 29.2. The first-order chi connectivity index (χ1) is 18.5. The van der Waals surface area contributed by atoms with E-state index >= 15 is 4.20 Å². The fraction of sp³-hybridized carbons (Fsp3) is 0.829. The first-order valence-corrected chi connectivity index (χ1v) is 17.7. The molecule has 0 bridgehead atoms. The number of rotatable bonds is 22. The van der Waals surface area contributed by atoms with Gasteiger partial charge in [0.2, 0.25) is 0 Å². The van der Waals surface area contributed by atoms with Gasteiger partial charge in [0.25, 0.3) is 8.46 Å². The van der Waals surface area contributed by atoms with Gasteiger partial charge >= 0.3 is 0 Å². The van der Waals surface area contributed by atoms with Crippen LogP contribution in [0.1, 0.15) is 175 Å². The van der Waals surface area contributed by atoms with E-state index in [-0.39, 0.29) is 10.8 Å². The fourth-order valence-corrected chi connectivity index (χ4v) is 6.17. The number of ether oxygens (including phenoxy) is 1. The standard InChI is InChI=1S/C35H64FO2P/c1-9-10-11-12-13-14-15-16-17-18-19-20-21-22-23-24-25-26-27-39(36)38-33-31(34(2,3)4)28-30(37-8)29-32(33)35(5,6)7/h28-29H,9-27H2,1-8H3. The molecule has 0 amide bonds. The second kappa shape index (κ2) is 20.1. The second-order valence-electron chi connectivity index (χ2n) is 13.7. The molecule has 1 aromatic rings. The summed E-state index contributed by atoms with van der Waals surface area (Å²) in [6.07, 6.45) is 24.7. The van der Waals surface area contributed by atoms with Crippen molar-refractivity contribution < 1.29 is 13.5 Å². The van der Waals surface area contributed by atoms with Crippen LogP contribution in [0.15, 0.2) is 12.1 Å². The molecule has 0 heterocycles. The van der Waals surface area contributed by atoms with Crippen LogP contribution in [0.2, 0.25) is 0 Å². The Kier molecular flexibility index (Phi) is 18.7. The van der Waals surface area contributed by atoms with Crippen molar-refractivity contribution in [1.29, 1.82) is 0 Å². The molecule has 0 spiro atoms. The molecule has 39 heavy (non-hydrogen) atoms. The predicted molar refractivity (Wildman–Crippen MR) is 173 cm³/mol. The first-order valence-electron chi connectivity index (χ1n) is 16.3. The smallest absolute Gasteiger partial charge is 0.275 e. The van der Waals surface area contributed by atoms with Gasteiger partial charge in [-0.1, -0.05) is 158 Å². The minimum absolute atomic E-state index is 0.159. The number of methoxy groups -OCH3 is 1. The SMILES string of the molecule is CCCCCCCCCCCCCCCCCCCCP(F)Oc1c(C(C)(C)C)cc(OC)cc1C(C)(C)C. The van der Waals surface area contributed by atoms with Gasteiger partial charge in [-0.3, -0.25) is 0 Å². The maximum Gasteiger partial charge on any atom is 0.275 e. The highest BCUT2D eigenvalue weighted by molar-refractivity contribution is 7.47. The molecule has 0 fully saturated rings. The van der Waals surface area contributed by atoms with Gasteiger partial charge in [0.05, 0.1) is 7.11 Å². The average Bonchev–Trinajstić information content (AvgIpc) is 2.86. The Bertz CT molecular complexity index is 715. The third kappa shape index (κ3) is 16.3. The zero-order valence-corrected chi connectivity index (χ0v) is 28.1. The first kappa shape index (κ1) is 36.2. The van der Waals surface area contributed by atoms with E-state index in [1.165, 1.54) is 103 Å². The third-order valence-corrected chi connectivity index (χ3v) is 8.84. The largest absolute Gasteiger partial charge is 0.497 e. The molecule has 1 unspecified atom stereocenters. The summed E-state index contributed by atoms with van der Waals surface area (Å²) in [5, 5.41) is 0. The van der Waals surface area contributed by atoms with E-state index in [9.17, 15) is 0 Å². The molecular formula is C35H64FO2P. The summed E-state index contributed by atoms with van der Waals surface area (Å²) < 4.78 is 26.8. The number of hydrogen-bond acceptors (Lipinski definition) is 2. The molecule has 0 saturated heterocycles. The lowest BCUT2D eigenvalue weighted by Crippen LogP contribution is -2.19. The molecule has 0 N–H and O–H groups in total. The van der Waals surface area contributed by atoms with Crippen molar-refractivity contribution in [2.45, 2.75) is 175 Å². The van der Waals surface area contributed by atoms with Crippen LogP contribution in [0.5, 0.6) is 11.5 Å². The Morgan fingerprint density at radius 1 is 0.590 bits per heavy atom. The van der Waals surface area contributed by atoms with Crippen LogP contribution in [0.4, 0.5) is 4.20 Å². The molecule has 228 valence electrons. The van der Waals surface area contributed by atoms with Crippen molar-refractivity contribution in [2.75, 3.05) is 13.3 Å². The average molecular weight is 567 g/mol. The highest BCUT2D eigenvalue weighted by Gasteiger charge is 2.30. The van der Waals surface area contributed by atoms with Crippen molar-refractivity contribution in [3.8, 4) is 11.5 Å². The van der Waals surface area contributed by atoms with E-state index in [4.69, 9.17) is 9.26 Å². The van der Waals surface area contributed by atoms with Crippen LogP contribution in [0, 0.1) is 0 Å². The lowest BCUT2D eigenvalue weighted by molar-refractivity contribution is 0.406. The van der Waals surface area contributed by atoms with Crippen LogP contribution >= 0.6 is 8.46 Å². The van der Waals surface area contributed by atoms with E-state index in [0.717, 1.165) is 35.5 Å². The van der Waals surface area contributed by atoms with Crippen LogP contribution < -0.4 is 9.26 Å². The summed E-state index contributed by atoms with van der Waals surface area (Å²) in [4.78, 5) is 0. The highest BCUT2D eigenvalue weighted by atomic mass is 31.2. The molecular weight excluding hydrogens is 502 g/mol. The summed E-state index contributed by atoms with van der Waals surface area (Å²) in [5.41, 5.74) is 1.73. The summed E-state index contributed by atoms with van der Waals surface area (Å²) in [7, 11) is -0.293. The Morgan fingerprint density at radius 2 is 0.923 bits per heavy atom. The molecule has 0 aliphatic rings. The summed E-state index contributed by atoms with van der Waals surface area (Å²) in [6, 6.07) is 4.04. The van der Waals surface area contributed by atoms with Gasteiger partial charge in [0, 0.05) is 17.3 Å². The fourth-order valence-electron chi connectivity index (χ4n) is 5.22. The van der Waals surface area contributed by atoms with Crippen molar-refractivity contribution in [1.82, 2.24) is 0 Å².